The van der Waals surface area contributed by atoms with E-state index < -0.39 is 0 Å². The Morgan fingerprint density at radius 2 is 1.76 bits per heavy atom. The van der Waals surface area contributed by atoms with E-state index in [0.29, 0.717) is 28.5 Å². The first-order valence-corrected chi connectivity index (χ1v) is 11.1. The first-order chi connectivity index (χ1) is 15.9. The molecule has 3 aromatic carbocycles. The summed E-state index contributed by atoms with van der Waals surface area (Å²) in [6.07, 6.45) is 1.08. The number of amides is 1. The Kier molecular flexibility index (Phi) is 6.59. The van der Waals surface area contributed by atoms with E-state index in [1.54, 1.807) is 12.1 Å². The molecule has 0 bridgehead atoms. The maximum atomic E-state index is 12.5. The molecule has 0 unspecified atom stereocenters. The third-order valence-corrected chi connectivity index (χ3v) is 5.87. The van der Waals surface area contributed by atoms with Crippen LogP contribution in [0.1, 0.15) is 37.3 Å². The van der Waals surface area contributed by atoms with E-state index in [1.165, 1.54) is 5.56 Å². The van der Waals surface area contributed by atoms with Crippen molar-refractivity contribution >= 4 is 22.6 Å². The van der Waals surface area contributed by atoms with Crippen molar-refractivity contribution in [3.63, 3.8) is 0 Å². The second kappa shape index (κ2) is 9.74. The molecule has 33 heavy (non-hydrogen) atoms. The standard InChI is InChI=1S/C28H27NO4/c1-4-18(2)20-9-12-23(13-10-20)32-17-27(30)29-22-11-14-24(19(3)15-22)25-16-21-7-5-6-8-26(21)33-28(25)31/h5-16,18H,4,17H2,1-3H3,(H,29,30)/t18-/m0/s1. The number of rotatable bonds is 7. The monoisotopic (exact) mass is 441 g/mol. The molecule has 5 nitrogen and oxygen atoms in total. The molecule has 0 radical (unpaired) electrons. The maximum absolute atomic E-state index is 12.5. The van der Waals surface area contributed by atoms with Crippen molar-refractivity contribution in [1.82, 2.24) is 0 Å². The quantitative estimate of drug-likeness (QED) is 0.342. The molecule has 1 aromatic heterocycles. The number of anilines is 1. The average Bonchev–Trinajstić information content (AvgIpc) is 2.82. The number of fused-ring (bicyclic) bond motifs is 1. The lowest BCUT2D eigenvalue weighted by molar-refractivity contribution is -0.118. The van der Waals surface area contributed by atoms with Crippen LogP contribution in [0, 0.1) is 6.92 Å². The minimum absolute atomic E-state index is 0.0856. The smallest absolute Gasteiger partial charge is 0.344 e. The minimum Gasteiger partial charge on any atom is -0.484 e. The van der Waals surface area contributed by atoms with Crippen molar-refractivity contribution in [2.45, 2.75) is 33.1 Å². The van der Waals surface area contributed by atoms with Gasteiger partial charge in [0.25, 0.3) is 5.91 Å². The molecule has 1 heterocycles. The van der Waals surface area contributed by atoms with Gasteiger partial charge in [0.15, 0.2) is 6.61 Å². The summed E-state index contributed by atoms with van der Waals surface area (Å²) in [5.41, 5.74) is 4.19. The van der Waals surface area contributed by atoms with Crippen LogP contribution in [0.15, 0.2) is 82.0 Å². The zero-order valence-corrected chi connectivity index (χ0v) is 19.1. The summed E-state index contributed by atoms with van der Waals surface area (Å²) < 4.78 is 11.1. The number of ether oxygens (including phenoxy) is 1. The summed E-state index contributed by atoms with van der Waals surface area (Å²) in [4.78, 5) is 24.9. The number of hydrogen-bond acceptors (Lipinski definition) is 4. The van der Waals surface area contributed by atoms with Crippen LogP contribution >= 0.6 is 0 Å². The van der Waals surface area contributed by atoms with Gasteiger partial charge in [0.2, 0.25) is 0 Å². The molecule has 0 aliphatic carbocycles. The van der Waals surface area contributed by atoms with E-state index in [-0.39, 0.29) is 18.1 Å². The van der Waals surface area contributed by atoms with Crippen LogP contribution in [0.25, 0.3) is 22.1 Å². The number of carbonyl (C=O) groups excluding carboxylic acids is 1. The van der Waals surface area contributed by atoms with E-state index >= 15 is 0 Å². The van der Waals surface area contributed by atoms with Gasteiger partial charge < -0.3 is 14.5 Å². The summed E-state index contributed by atoms with van der Waals surface area (Å²) in [6.45, 7) is 6.15. The van der Waals surface area contributed by atoms with Crippen LogP contribution < -0.4 is 15.7 Å². The average molecular weight is 442 g/mol. The van der Waals surface area contributed by atoms with E-state index in [2.05, 4.69) is 19.2 Å². The third-order valence-electron chi connectivity index (χ3n) is 5.87. The highest BCUT2D eigenvalue weighted by atomic mass is 16.5. The van der Waals surface area contributed by atoms with Gasteiger partial charge in [-0.2, -0.15) is 0 Å². The van der Waals surface area contributed by atoms with Crippen LogP contribution in [-0.2, 0) is 4.79 Å². The van der Waals surface area contributed by atoms with Crippen LogP contribution in [0.4, 0.5) is 5.69 Å². The number of benzene rings is 3. The fraction of sp³-hybridized carbons (Fsp3) is 0.214. The van der Waals surface area contributed by atoms with Crippen molar-refractivity contribution in [3.05, 3.63) is 94.3 Å². The summed E-state index contributed by atoms with van der Waals surface area (Å²) in [6, 6.07) is 22.5. The molecule has 168 valence electrons. The number of hydrogen-bond donors (Lipinski definition) is 1. The van der Waals surface area contributed by atoms with E-state index in [9.17, 15) is 9.59 Å². The lowest BCUT2D eigenvalue weighted by Crippen LogP contribution is -2.20. The van der Waals surface area contributed by atoms with E-state index in [4.69, 9.17) is 9.15 Å². The van der Waals surface area contributed by atoms with Gasteiger partial charge in [0, 0.05) is 11.1 Å². The molecule has 0 aliphatic heterocycles. The molecule has 0 aliphatic rings. The molecule has 5 heteroatoms. The van der Waals surface area contributed by atoms with Crippen LogP contribution in [0.3, 0.4) is 0 Å². The van der Waals surface area contributed by atoms with Crippen molar-refractivity contribution in [2.75, 3.05) is 11.9 Å². The second-order valence-electron chi connectivity index (χ2n) is 8.23. The van der Waals surface area contributed by atoms with Crippen molar-refractivity contribution in [1.29, 1.82) is 0 Å². The van der Waals surface area contributed by atoms with Gasteiger partial charge in [0.05, 0.1) is 5.56 Å². The number of nitrogens with one attached hydrogen (secondary N) is 1. The van der Waals surface area contributed by atoms with E-state index in [0.717, 1.165) is 22.9 Å². The molecule has 0 fully saturated rings. The Labute approximate surface area is 193 Å². The lowest BCUT2D eigenvalue weighted by Gasteiger charge is -2.12. The zero-order chi connectivity index (χ0) is 23.4. The highest BCUT2D eigenvalue weighted by Gasteiger charge is 2.12. The third kappa shape index (κ3) is 5.14. The van der Waals surface area contributed by atoms with Crippen LogP contribution in [0.5, 0.6) is 5.75 Å². The van der Waals surface area contributed by atoms with Crippen molar-refractivity contribution in [2.24, 2.45) is 0 Å². The first kappa shape index (κ1) is 22.3. The summed E-state index contributed by atoms with van der Waals surface area (Å²) in [5, 5.41) is 3.71. The van der Waals surface area contributed by atoms with Crippen LogP contribution in [0.2, 0.25) is 0 Å². The molecule has 4 rings (SSSR count). The Morgan fingerprint density at radius 3 is 2.48 bits per heavy atom. The lowest BCUT2D eigenvalue weighted by atomic mass is 9.99. The molecule has 1 N–H and O–H groups in total. The zero-order valence-electron chi connectivity index (χ0n) is 19.1. The topological polar surface area (TPSA) is 68.5 Å². The van der Waals surface area contributed by atoms with Gasteiger partial charge in [-0.25, -0.2) is 4.79 Å². The molecule has 0 spiro atoms. The van der Waals surface area contributed by atoms with Gasteiger partial charge in [-0.05, 0) is 72.4 Å². The molecule has 0 saturated carbocycles. The molecule has 4 aromatic rings. The number of aryl methyl sites for hydroxylation is 1. The van der Waals surface area contributed by atoms with Crippen LogP contribution in [-0.4, -0.2) is 12.5 Å². The fourth-order valence-corrected chi connectivity index (χ4v) is 3.77. The van der Waals surface area contributed by atoms with Gasteiger partial charge >= 0.3 is 5.63 Å². The first-order valence-electron chi connectivity index (χ1n) is 11.1. The Hall–Kier alpha value is -3.86. The molecule has 1 amide bonds. The Bertz CT molecular complexity index is 1340. The van der Waals surface area contributed by atoms with Crippen molar-refractivity contribution in [3.8, 4) is 16.9 Å². The van der Waals surface area contributed by atoms with Gasteiger partial charge in [-0.3, -0.25) is 4.79 Å². The normalized spacial score (nSPS) is 11.8. The second-order valence-corrected chi connectivity index (χ2v) is 8.23. The highest BCUT2D eigenvalue weighted by molar-refractivity contribution is 5.92. The largest absolute Gasteiger partial charge is 0.484 e. The molecule has 0 saturated heterocycles. The van der Waals surface area contributed by atoms with Gasteiger partial charge in [-0.1, -0.05) is 50.2 Å². The number of carbonyl (C=O) groups is 1. The number of para-hydroxylation sites is 1. The fourth-order valence-electron chi connectivity index (χ4n) is 3.77. The highest BCUT2D eigenvalue weighted by Crippen LogP contribution is 2.26. The summed E-state index contributed by atoms with van der Waals surface area (Å²) in [7, 11) is 0. The SMILES string of the molecule is CC[C@H](C)c1ccc(OCC(=O)Nc2ccc(-c3cc4ccccc4oc3=O)c(C)c2)cc1. The molecular formula is C28H27NO4. The van der Waals surface area contributed by atoms with Crippen molar-refractivity contribution < 1.29 is 13.9 Å². The van der Waals surface area contributed by atoms with Gasteiger partial charge in [0.1, 0.15) is 11.3 Å². The maximum Gasteiger partial charge on any atom is 0.344 e. The summed E-state index contributed by atoms with van der Waals surface area (Å²) in [5.74, 6) is 0.902. The Morgan fingerprint density at radius 1 is 1.00 bits per heavy atom. The predicted octanol–water partition coefficient (Wildman–Crippen LogP) is 6.30. The molecule has 1 atom stereocenters. The summed E-state index contributed by atoms with van der Waals surface area (Å²) >= 11 is 0. The van der Waals surface area contributed by atoms with Gasteiger partial charge in [-0.15, -0.1) is 0 Å². The Balaban J connectivity index is 1.43. The minimum atomic E-state index is -0.388. The molecular weight excluding hydrogens is 414 g/mol. The predicted molar refractivity (Wildman–Crippen MR) is 132 cm³/mol. The van der Waals surface area contributed by atoms with E-state index in [1.807, 2.05) is 67.6 Å².